The number of para-hydroxylation sites is 1. The molecule has 2 aromatic carbocycles. The van der Waals surface area contributed by atoms with E-state index in [1.807, 2.05) is 24.3 Å². The molecule has 0 fully saturated rings. The van der Waals surface area contributed by atoms with Gasteiger partial charge in [-0.1, -0.05) is 35.2 Å². The number of nitrogens with one attached hydrogen (secondary N) is 2. The summed E-state index contributed by atoms with van der Waals surface area (Å²) in [5.74, 6) is 1.25. The number of carbonyl (C=O) groups is 2. The molecule has 10 nitrogen and oxygen atoms in total. The molecule has 2 aromatic heterocycles. The molecule has 0 spiro atoms. The fourth-order valence-electron chi connectivity index (χ4n) is 3.07. The van der Waals surface area contributed by atoms with Crippen molar-refractivity contribution < 1.29 is 19.1 Å². The van der Waals surface area contributed by atoms with Crippen LogP contribution in [0.3, 0.4) is 0 Å². The van der Waals surface area contributed by atoms with E-state index in [1.165, 1.54) is 37.3 Å². The minimum Gasteiger partial charge on any atom is -0.493 e. The lowest BCUT2D eigenvalue weighted by molar-refractivity contribution is -0.113. The Bertz CT molecular complexity index is 1300. The van der Waals surface area contributed by atoms with Gasteiger partial charge in [-0.05, 0) is 30.3 Å². The summed E-state index contributed by atoms with van der Waals surface area (Å²) in [6, 6.07) is 12.6. The van der Waals surface area contributed by atoms with Gasteiger partial charge >= 0.3 is 0 Å². The lowest BCUT2D eigenvalue weighted by Gasteiger charge is -2.10. The second-order valence-corrected chi connectivity index (χ2v) is 9.01. The second-order valence-electron chi connectivity index (χ2n) is 7.03. The van der Waals surface area contributed by atoms with Crippen LogP contribution in [0.15, 0.2) is 47.6 Å². The standard InChI is InChI=1S/C22H22N6O4S2/c1-28-18(11-23-20(30)13-8-9-15(31-2)16(10-13)32-3)26-27-22(28)33-12-19(29)25-21-24-14-6-4-5-7-17(14)34-21/h4-10H,11-12H2,1-3H3,(H,23,30)(H,24,25,29). The quantitative estimate of drug-likeness (QED) is 0.338. The molecule has 0 radical (unpaired) electrons. The van der Waals surface area contributed by atoms with Crippen molar-refractivity contribution in [3.63, 3.8) is 0 Å². The maximum atomic E-state index is 12.5. The molecule has 0 unspecified atom stereocenters. The minimum atomic E-state index is -0.284. The molecule has 0 aliphatic carbocycles. The molecule has 176 valence electrons. The molecule has 4 rings (SSSR count). The van der Waals surface area contributed by atoms with Crippen LogP contribution in [0.2, 0.25) is 0 Å². The van der Waals surface area contributed by atoms with Crippen LogP contribution in [-0.4, -0.2) is 51.5 Å². The third-order valence-corrected chi connectivity index (χ3v) is 6.82. The van der Waals surface area contributed by atoms with Crippen LogP contribution in [-0.2, 0) is 18.4 Å². The fourth-order valence-corrected chi connectivity index (χ4v) is 4.69. The lowest BCUT2D eigenvalue weighted by atomic mass is 10.2. The highest BCUT2D eigenvalue weighted by molar-refractivity contribution is 7.99. The number of ether oxygens (including phenoxy) is 2. The van der Waals surface area contributed by atoms with E-state index in [9.17, 15) is 9.59 Å². The van der Waals surface area contributed by atoms with Gasteiger partial charge in [-0.2, -0.15) is 0 Å². The molecule has 0 bridgehead atoms. The average Bonchev–Trinajstić information content (AvgIpc) is 3.42. The van der Waals surface area contributed by atoms with Crippen LogP contribution in [0.1, 0.15) is 16.2 Å². The van der Waals surface area contributed by atoms with Crippen LogP contribution in [0.5, 0.6) is 11.5 Å². The van der Waals surface area contributed by atoms with E-state index < -0.39 is 0 Å². The first-order chi connectivity index (χ1) is 16.5. The number of nitrogens with zero attached hydrogens (tertiary/aromatic N) is 4. The molecule has 2 heterocycles. The van der Waals surface area contributed by atoms with Crippen molar-refractivity contribution in [1.82, 2.24) is 25.1 Å². The van der Waals surface area contributed by atoms with E-state index in [0.29, 0.717) is 33.2 Å². The predicted molar refractivity (Wildman–Crippen MR) is 131 cm³/mol. The van der Waals surface area contributed by atoms with Crippen molar-refractivity contribution in [2.45, 2.75) is 11.7 Å². The normalized spacial score (nSPS) is 10.8. The predicted octanol–water partition coefficient (Wildman–Crippen LogP) is 3.10. The van der Waals surface area contributed by atoms with Gasteiger partial charge in [0.25, 0.3) is 5.91 Å². The Kier molecular flexibility index (Phi) is 7.28. The summed E-state index contributed by atoms with van der Waals surface area (Å²) >= 11 is 2.68. The van der Waals surface area contributed by atoms with Crippen LogP contribution in [0.25, 0.3) is 10.2 Å². The lowest BCUT2D eigenvalue weighted by Crippen LogP contribution is -2.24. The van der Waals surface area contributed by atoms with Crippen molar-refractivity contribution in [2.24, 2.45) is 7.05 Å². The number of fused-ring (bicyclic) bond motifs is 1. The number of benzene rings is 2. The number of anilines is 1. The molecule has 4 aromatic rings. The fraction of sp³-hybridized carbons (Fsp3) is 0.227. The molecule has 34 heavy (non-hydrogen) atoms. The maximum absolute atomic E-state index is 12.5. The number of thioether (sulfide) groups is 1. The zero-order valence-electron chi connectivity index (χ0n) is 18.7. The number of hydrogen-bond acceptors (Lipinski definition) is 9. The van der Waals surface area contributed by atoms with Crippen molar-refractivity contribution in [3.8, 4) is 11.5 Å². The highest BCUT2D eigenvalue weighted by Gasteiger charge is 2.15. The summed E-state index contributed by atoms with van der Waals surface area (Å²) in [6.45, 7) is 0.176. The Hall–Kier alpha value is -3.64. The third-order valence-electron chi connectivity index (χ3n) is 4.85. The van der Waals surface area contributed by atoms with Crippen LogP contribution in [0, 0.1) is 0 Å². The van der Waals surface area contributed by atoms with E-state index in [-0.39, 0.29) is 24.1 Å². The van der Waals surface area contributed by atoms with Gasteiger partial charge in [-0.3, -0.25) is 9.59 Å². The molecule has 12 heteroatoms. The Morgan fingerprint density at radius 3 is 2.65 bits per heavy atom. The average molecular weight is 499 g/mol. The van der Waals surface area contributed by atoms with Gasteiger partial charge < -0.3 is 24.7 Å². The molecule has 0 aliphatic rings. The van der Waals surface area contributed by atoms with Gasteiger partial charge in [0.15, 0.2) is 27.6 Å². The molecule has 0 saturated carbocycles. The van der Waals surface area contributed by atoms with E-state index in [2.05, 4.69) is 25.8 Å². The topological polar surface area (TPSA) is 120 Å². The Morgan fingerprint density at radius 2 is 1.88 bits per heavy atom. The summed E-state index contributed by atoms with van der Waals surface area (Å²) in [5, 5.41) is 15.0. The Morgan fingerprint density at radius 1 is 1.09 bits per heavy atom. The zero-order chi connectivity index (χ0) is 24.1. The number of carbonyl (C=O) groups excluding carboxylic acids is 2. The van der Waals surface area contributed by atoms with Gasteiger partial charge in [-0.15, -0.1) is 10.2 Å². The molecule has 2 N–H and O–H groups in total. The van der Waals surface area contributed by atoms with E-state index in [1.54, 1.807) is 29.8 Å². The van der Waals surface area contributed by atoms with Crippen molar-refractivity contribution in [1.29, 1.82) is 0 Å². The first-order valence-corrected chi connectivity index (χ1v) is 12.0. The number of rotatable bonds is 9. The first kappa shape index (κ1) is 23.5. The van der Waals surface area contributed by atoms with Gasteiger partial charge in [0, 0.05) is 12.6 Å². The van der Waals surface area contributed by atoms with Crippen molar-refractivity contribution in [2.75, 3.05) is 25.3 Å². The molecule has 2 amide bonds. The van der Waals surface area contributed by atoms with E-state index in [4.69, 9.17) is 9.47 Å². The monoisotopic (exact) mass is 498 g/mol. The van der Waals surface area contributed by atoms with Gasteiger partial charge in [-0.25, -0.2) is 4.98 Å². The number of amides is 2. The SMILES string of the molecule is COc1ccc(C(=O)NCc2nnc(SCC(=O)Nc3nc4ccccc4s3)n2C)cc1OC. The number of hydrogen-bond donors (Lipinski definition) is 2. The summed E-state index contributed by atoms with van der Waals surface area (Å²) in [5.41, 5.74) is 1.28. The summed E-state index contributed by atoms with van der Waals surface area (Å²) in [6.07, 6.45) is 0. The first-order valence-electron chi connectivity index (χ1n) is 10.1. The van der Waals surface area contributed by atoms with Gasteiger partial charge in [0.2, 0.25) is 5.91 Å². The zero-order valence-corrected chi connectivity index (χ0v) is 20.3. The van der Waals surface area contributed by atoms with Gasteiger partial charge in [0.05, 0.1) is 36.7 Å². The summed E-state index contributed by atoms with van der Waals surface area (Å²) < 4.78 is 13.2. The summed E-state index contributed by atoms with van der Waals surface area (Å²) in [4.78, 5) is 29.3. The highest BCUT2D eigenvalue weighted by Crippen LogP contribution is 2.28. The molecular weight excluding hydrogens is 476 g/mol. The van der Waals surface area contributed by atoms with Crippen LogP contribution >= 0.6 is 23.1 Å². The van der Waals surface area contributed by atoms with Crippen molar-refractivity contribution >= 4 is 50.3 Å². The smallest absolute Gasteiger partial charge is 0.251 e. The van der Waals surface area contributed by atoms with E-state index >= 15 is 0 Å². The largest absolute Gasteiger partial charge is 0.493 e. The molecular formula is C22H22N6O4S2. The van der Waals surface area contributed by atoms with Crippen molar-refractivity contribution in [3.05, 3.63) is 53.9 Å². The van der Waals surface area contributed by atoms with Gasteiger partial charge in [0.1, 0.15) is 0 Å². The minimum absolute atomic E-state index is 0.153. The Balaban J connectivity index is 1.31. The Labute approximate surface area is 203 Å². The van der Waals surface area contributed by atoms with E-state index in [0.717, 1.165) is 10.2 Å². The third kappa shape index (κ3) is 5.29. The van der Waals surface area contributed by atoms with Crippen LogP contribution in [0.4, 0.5) is 5.13 Å². The number of aromatic nitrogens is 4. The molecule has 0 aliphatic heterocycles. The maximum Gasteiger partial charge on any atom is 0.251 e. The molecule has 0 saturated heterocycles. The molecule has 0 atom stereocenters. The summed E-state index contributed by atoms with van der Waals surface area (Å²) in [7, 11) is 4.83. The highest BCUT2D eigenvalue weighted by atomic mass is 32.2. The number of thiazole rings is 1. The van der Waals surface area contributed by atoms with Crippen LogP contribution < -0.4 is 20.1 Å². The second kappa shape index (κ2) is 10.5. The number of methoxy groups -OCH3 is 2.